The van der Waals surface area contributed by atoms with Crippen LogP contribution in [-0.4, -0.2) is 17.7 Å². The number of aromatic carboxylic acids is 1. The minimum Gasteiger partial charge on any atom is -0.491 e. The van der Waals surface area contributed by atoms with E-state index >= 15 is 0 Å². The summed E-state index contributed by atoms with van der Waals surface area (Å²) in [4.78, 5) is 11.2. The molecule has 1 aliphatic heterocycles. The van der Waals surface area contributed by atoms with Gasteiger partial charge < -0.3 is 15.2 Å². The van der Waals surface area contributed by atoms with Crippen molar-refractivity contribution in [2.24, 2.45) is 0 Å². The summed E-state index contributed by atoms with van der Waals surface area (Å²) in [5.74, 6) is 0.00184. The first-order valence-electron chi connectivity index (χ1n) is 6.52. The zero-order chi connectivity index (χ0) is 13.9. The number of carboxylic acid groups (broad SMARTS) is 1. The fourth-order valence-electron chi connectivity index (χ4n) is 2.45. The van der Waals surface area contributed by atoms with Crippen molar-refractivity contribution in [1.29, 1.82) is 0 Å². The number of rotatable bonds is 4. The molecule has 1 heterocycles. The third-order valence-corrected chi connectivity index (χ3v) is 3.49. The van der Waals surface area contributed by atoms with Gasteiger partial charge in [0.25, 0.3) is 0 Å². The second kappa shape index (κ2) is 5.35. The van der Waals surface area contributed by atoms with Crippen LogP contribution in [0.2, 0.25) is 0 Å². The second-order valence-electron chi connectivity index (χ2n) is 4.74. The molecule has 0 radical (unpaired) electrons. The molecule has 2 aromatic rings. The molecule has 0 spiro atoms. The molecule has 0 saturated heterocycles. The van der Waals surface area contributed by atoms with E-state index in [-0.39, 0.29) is 6.04 Å². The Labute approximate surface area is 117 Å². The van der Waals surface area contributed by atoms with Crippen molar-refractivity contribution in [3.63, 3.8) is 0 Å². The van der Waals surface area contributed by atoms with Gasteiger partial charge in [0.15, 0.2) is 0 Å². The molecule has 0 fully saturated rings. The Morgan fingerprint density at radius 2 is 1.95 bits per heavy atom. The molecule has 20 heavy (non-hydrogen) atoms. The lowest BCUT2D eigenvalue weighted by atomic mass is 10.1. The van der Waals surface area contributed by atoms with Gasteiger partial charge in [-0.2, -0.15) is 0 Å². The van der Waals surface area contributed by atoms with Crippen LogP contribution >= 0.6 is 0 Å². The van der Waals surface area contributed by atoms with Crippen LogP contribution in [0.1, 0.15) is 27.5 Å². The van der Waals surface area contributed by atoms with E-state index in [1.54, 1.807) is 12.1 Å². The van der Waals surface area contributed by atoms with Crippen LogP contribution in [0.3, 0.4) is 0 Å². The highest BCUT2D eigenvalue weighted by Gasteiger charge is 2.23. The zero-order valence-corrected chi connectivity index (χ0v) is 10.9. The summed E-state index contributed by atoms with van der Waals surface area (Å²) in [6.07, 6.45) is 0. The number of para-hydroxylation sites is 1. The maximum atomic E-state index is 11.2. The van der Waals surface area contributed by atoms with Crippen molar-refractivity contribution in [1.82, 2.24) is 5.32 Å². The summed E-state index contributed by atoms with van der Waals surface area (Å²) in [7, 11) is 0. The number of ether oxygens (including phenoxy) is 1. The predicted octanol–water partition coefficient (Wildman–Crippen LogP) is 2.61. The first-order chi connectivity index (χ1) is 9.75. The van der Waals surface area contributed by atoms with E-state index in [0.717, 1.165) is 16.9 Å². The summed E-state index contributed by atoms with van der Waals surface area (Å²) < 4.78 is 5.60. The summed E-state index contributed by atoms with van der Waals surface area (Å²) in [5, 5.41) is 12.5. The zero-order valence-electron chi connectivity index (χ0n) is 10.9. The number of fused-ring (bicyclic) bond motifs is 1. The van der Waals surface area contributed by atoms with Gasteiger partial charge in [-0.15, -0.1) is 0 Å². The van der Waals surface area contributed by atoms with Gasteiger partial charge in [0.1, 0.15) is 12.4 Å². The van der Waals surface area contributed by atoms with Crippen molar-refractivity contribution in [3.8, 4) is 5.75 Å². The summed E-state index contributed by atoms with van der Waals surface area (Å²) in [5.41, 5.74) is 2.25. The maximum Gasteiger partial charge on any atom is 0.336 e. The van der Waals surface area contributed by atoms with E-state index in [2.05, 4.69) is 5.32 Å². The van der Waals surface area contributed by atoms with E-state index in [1.165, 1.54) is 0 Å². The quantitative estimate of drug-likeness (QED) is 0.895. The highest BCUT2D eigenvalue weighted by Crippen LogP contribution is 2.31. The van der Waals surface area contributed by atoms with E-state index in [0.29, 0.717) is 18.7 Å². The average Bonchev–Trinajstić information content (AvgIpc) is 2.88. The Morgan fingerprint density at radius 1 is 1.20 bits per heavy atom. The molecular weight excluding hydrogens is 254 g/mol. The van der Waals surface area contributed by atoms with Crippen LogP contribution in [0, 0.1) is 0 Å². The fourth-order valence-corrected chi connectivity index (χ4v) is 2.45. The second-order valence-corrected chi connectivity index (χ2v) is 4.74. The number of carbonyl (C=O) groups is 1. The average molecular weight is 269 g/mol. The first kappa shape index (κ1) is 12.7. The molecule has 2 aromatic carbocycles. The van der Waals surface area contributed by atoms with Gasteiger partial charge in [-0.3, -0.25) is 0 Å². The summed E-state index contributed by atoms with van der Waals surface area (Å²) in [6.45, 7) is 1.08. The number of hydrogen-bond donors (Lipinski definition) is 2. The van der Waals surface area contributed by atoms with Crippen LogP contribution in [0.15, 0.2) is 48.5 Å². The molecule has 2 N–H and O–H groups in total. The lowest BCUT2D eigenvalue weighted by molar-refractivity contribution is 0.0695. The predicted molar refractivity (Wildman–Crippen MR) is 74.9 cm³/mol. The minimum absolute atomic E-state index is 0.105. The van der Waals surface area contributed by atoms with Gasteiger partial charge in [0.05, 0.1) is 11.6 Å². The molecule has 0 aliphatic carbocycles. The van der Waals surface area contributed by atoms with Gasteiger partial charge >= 0.3 is 5.97 Å². The van der Waals surface area contributed by atoms with Crippen LogP contribution in [0.5, 0.6) is 5.75 Å². The van der Waals surface area contributed by atoms with E-state index in [9.17, 15) is 4.79 Å². The fraction of sp³-hybridized carbons (Fsp3) is 0.188. The Morgan fingerprint density at radius 3 is 2.80 bits per heavy atom. The van der Waals surface area contributed by atoms with Crippen molar-refractivity contribution < 1.29 is 14.6 Å². The molecule has 1 unspecified atom stereocenters. The lowest BCUT2D eigenvalue weighted by Crippen LogP contribution is -2.23. The smallest absolute Gasteiger partial charge is 0.336 e. The van der Waals surface area contributed by atoms with Crippen molar-refractivity contribution in [2.75, 3.05) is 6.61 Å². The molecule has 0 aromatic heterocycles. The highest BCUT2D eigenvalue weighted by molar-refractivity contribution is 5.89. The standard InChI is InChI=1S/C16H15NO3/c18-16(19)12-6-2-1-5-11(12)9-17-14-10-20-15-8-4-3-7-13(14)15/h1-8,14,17H,9-10H2,(H,18,19). The molecule has 0 amide bonds. The van der Waals surface area contributed by atoms with Crippen LogP contribution in [0.4, 0.5) is 0 Å². The molecule has 0 saturated carbocycles. The Bertz CT molecular complexity index is 639. The first-order valence-corrected chi connectivity index (χ1v) is 6.52. The molecule has 102 valence electrons. The van der Waals surface area contributed by atoms with Gasteiger partial charge in [0, 0.05) is 12.1 Å². The van der Waals surface area contributed by atoms with Crippen LogP contribution in [-0.2, 0) is 6.54 Å². The largest absolute Gasteiger partial charge is 0.491 e. The number of nitrogens with one attached hydrogen (secondary N) is 1. The number of hydrogen-bond acceptors (Lipinski definition) is 3. The SMILES string of the molecule is O=C(O)c1ccccc1CNC1COc2ccccc21. The monoisotopic (exact) mass is 269 g/mol. The van der Waals surface area contributed by atoms with Crippen molar-refractivity contribution in [2.45, 2.75) is 12.6 Å². The maximum absolute atomic E-state index is 11.2. The number of carboxylic acids is 1. The van der Waals surface area contributed by atoms with Crippen LogP contribution in [0.25, 0.3) is 0 Å². The van der Waals surface area contributed by atoms with Gasteiger partial charge in [-0.25, -0.2) is 4.79 Å². The third kappa shape index (κ3) is 2.38. The highest BCUT2D eigenvalue weighted by atomic mass is 16.5. The topological polar surface area (TPSA) is 58.6 Å². The Balaban J connectivity index is 1.74. The Kier molecular flexibility index (Phi) is 3.39. The minimum atomic E-state index is -0.898. The lowest BCUT2D eigenvalue weighted by Gasteiger charge is -2.13. The van der Waals surface area contributed by atoms with Crippen molar-refractivity contribution >= 4 is 5.97 Å². The van der Waals surface area contributed by atoms with Crippen molar-refractivity contribution in [3.05, 3.63) is 65.2 Å². The molecular formula is C16H15NO3. The molecule has 4 nitrogen and oxygen atoms in total. The van der Waals surface area contributed by atoms with Gasteiger partial charge in [0.2, 0.25) is 0 Å². The molecule has 1 aliphatic rings. The van der Waals surface area contributed by atoms with Gasteiger partial charge in [-0.1, -0.05) is 36.4 Å². The summed E-state index contributed by atoms with van der Waals surface area (Å²) >= 11 is 0. The third-order valence-electron chi connectivity index (χ3n) is 3.49. The molecule has 0 bridgehead atoms. The van der Waals surface area contributed by atoms with Gasteiger partial charge in [-0.05, 0) is 17.7 Å². The summed E-state index contributed by atoms with van der Waals surface area (Å²) in [6, 6.07) is 15.0. The molecule has 3 rings (SSSR count). The van der Waals surface area contributed by atoms with E-state index in [1.807, 2.05) is 36.4 Å². The number of benzene rings is 2. The molecule has 1 atom stereocenters. The Hall–Kier alpha value is -2.33. The normalized spacial score (nSPS) is 16.5. The van der Waals surface area contributed by atoms with E-state index < -0.39 is 5.97 Å². The van der Waals surface area contributed by atoms with Crippen LogP contribution < -0.4 is 10.1 Å². The van der Waals surface area contributed by atoms with E-state index in [4.69, 9.17) is 9.84 Å². The molecule has 4 heteroatoms.